The van der Waals surface area contributed by atoms with E-state index in [0.29, 0.717) is 30.6 Å². The van der Waals surface area contributed by atoms with Gasteiger partial charge in [-0.3, -0.25) is 24.0 Å². The molecule has 12 atom stereocenters. The van der Waals surface area contributed by atoms with Crippen LogP contribution in [0.2, 0.25) is 0 Å². The van der Waals surface area contributed by atoms with Crippen molar-refractivity contribution in [3.63, 3.8) is 0 Å². The zero-order valence-corrected chi connectivity index (χ0v) is 55.4. The number of carbonyl (C=O) groups is 5. The lowest BCUT2D eigenvalue weighted by atomic mass is 9.49. The van der Waals surface area contributed by atoms with Crippen LogP contribution in [-0.4, -0.2) is 115 Å². The first-order valence-electron chi connectivity index (χ1n) is 32.0. The normalized spacial score (nSPS) is 29.7. The van der Waals surface area contributed by atoms with Crippen molar-refractivity contribution in [3.8, 4) is 0 Å². The van der Waals surface area contributed by atoms with Gasteiger partial charge in [-0.2, -0.15) is 26.3 Å². The van der Waals surface area contributed by atoms with Gasteiger partial charge in [-0.05, 0) is 142 Å². The van der Waals surface area contributed by atoms with Crippen molar-refractivity contribution >= 4 is 71.9 Å². The van der Waals surface area contributed by atoms with Crippen molar-refractivity contribution in [2.45, 2.75) is 128 Å². The number of halogens is 6. The number of fused-ring (bicyclic) bond motifs is 2. The van der Waals surface area contributed by atoms with E-state index in [4.69, 9.17) is 14.2 Å². The third-order valence-corrected chi connectivity index (χ3v) is 26.6. The number of rotatable bonds is 18. The smallest absolute Gasteiger partial charge is 0.396 e. The third-order valence-electron chi connectivity index (χ3n) is 20.4. The summed E-state index contributed by atoms with van der Waals surface area (Å²) in [4.78, 5) is 70.6. The first-order chi connectivity index (χ1) is 46.6. The number of benzene rings is 6. The molecule has 10 aliphatic rings. The molecule has 6 aromatic carbocycles. The zero-order valence-electron chi connectivity index (χ0n) is 52.1. The van der Waals surface area contributed by atoms with Gasteiger partial charge in [0.25, 0.3) is 0 Å². The molecule has 98 heavy (non-hydrogen) atoms. The molecule has 17 nitrogen and oxygen atoms in total. The standard InChI is InChI=1S/C22H26F2O9S.2C18H15S.C13H14F4O8S/c23-22(24,34(28,29)30)8-31-18(25)14-12-4-13-15(14)19(26)32-16(13)17(12)33-20(27)21-5-9-1-10(6-21)3-11(2-9)7-21;2*1-4-10-16(11-5-1)19(17-12-6-2-7-13-17)18-14-8-3-9-15-18;14-12(15,13(16,17)26(21,22)23)1-2-24-10(19)6-4-3-5-7(6)11(20)25-9(5)8(4)18/h9-17H,1-8H2,(H,28,29,30);2*1-15H;4-9,18H,1-3H2,(H,21,22,23)/q;2*+1;/p-2. The molecule has 8 aliphatic carbocycles. The number of ether oxygens (including phenoxy) is 5. The van der Waals surface area contributed by atoms with E-state index in [1.54, 1.807) is 0 Å². The van der Waals surface area contributed by atoms with Gasteiger partial charge in [-0.15, -0.1) is 0 Å². The van der Waals surface area contributed by atoms with Crippen LogP contribution in [0, 0.1) is 70.5 Å². The number of hydrogen-bond donors (Lipinski definition) is 1. The Balaban J connectivity index is 0.000000128. The van der Waals surface area contributed by atoms with E-state index in [0.717, 1.165) is 38.5 Å². The van der Waals surface area contributed by atoms with E-state index < -0.39 is 157 Å². The van der Waals surface area contributed by atoms with Crippen molar-refractivity contribution in [2.75, 3.05) is 13.2 Å². The van der Waals surface area contributed by atoms with Crippen LogP contribution in [0.3, 0.4) is 0 Å². The van der Waals surface area contributed by atoms with Gasteiger partial charge in [0.1, 0.15) is 18.3 Å². The van der Waals surface area contributed by atoms with Crippen LogP contribution in [0.4, 0.5) is 26.3 Å². The van der Waals surface area contributed by atoms with Gasteiger partial charge < -0.3 is 37.9 Å². The topological polar surface area (TPSA) is 266 Å². The van der Waals surface area contributed by atoms with Crippen molar-refractivity contribution in [1.82, 2.24) is 0 Å². The molecule has 2 heterocycles. The number of aliphatic hydroxyl groups is 1. The van der Waals surface area contributed by atoms with Gasteiger partial charge in [0.2, 0.25) is 0 Å². The lowest BCUT2D eigenvalue weighted by Crippen LogP contribution is -2.53. The maximum Gasteiger partial charge on any atom is 0.396 e. The van der Waals surface area contributed by atoms with Gasteiger partial charge >= 0.3 is 46.3 Å². The van der Waals surface area contributed by atoms with E-state index in [2.05, 4.69) is 191 Å². The molecule has 27 heteroatoms. The Labute approximate surface area is 567 Å². The molecule has 12 unspecified atom stereocenters. The minimum Gasteiger partial charge on any atom is -0.743 e. The second-order valence-electron chi connectivity index (χ2n) is 26.4. The van der Waals surface area contributed by atoms with Crippen LogP contribution in [0.1, 0.15) is 57.8 Å². The molecular weight excluding hydrogens is 1370 g/mol. The van der Waals surface area contributed by atoms with E-state index in [1.807, 2.05) is 0 Å². The largest absolute Gasteiger partial charge is 0.743 e. The molecule has 10 fully saturated rings. The Bertz CT molecular complexity index is 3760. The molecule has 1 N–H and O–H groups in total. The summed E-state index contributed by atoms with van der Waals surface area (Å²) in [5, 5.41) is -0.664. The highest BCUT2D eigenvalue weighted by Gasteiger charge is 2.72. The average Bonchev–Trinajstić information content (AvgIpc) is 1.57. The van der Waals surface area contributed by atoms with Crippen molar-refractivity contribution in [2.24, 2.45) is 70.5 Å². The van der Waals surface area contributed by atoms with E-state index >= 15 is 0 Å². The molecule has 16 rings (SSSR count). The number of alkyl halides is 6. The first kappa shape index (κ1) is 70.6. The maximum absolute atomic E-state index is 13.5. The molecular formula is C71H68F6O17S4. The minimum atomic E-state index is -6.62. The monoisotopic (exact) mass is 1430 g/mol. The number of esters is 5. The third kappa shape index (κ3) is 13.9. The number of aliphatic hydroxyl groups excluding tert-OH is 1. The predicted octanol–water partition coefficient (Wildman–Crippen LogP) is 11.0. The second-order valence-corrected chi connectivity index (χ2v) is 33.4. The molecule has 0 radical (unpaired) electrons. The molecule has 0 aromatic heterocycles. The molecule has 2 saturated heterocycles. The molecule has 0 amide bonds. The van der Waals surface area contributed by atoms with Crippen molar-refractivity contribution < 1.29 is 105 Å². The Morgan fingerprint density at radius 1 is 0.500 bits per heavy atom. The summed E-state index contributed by atoms with van der Waals surface area (Å²) in [6.45, 7) is -3.24. The fraction of sp³-hybridized carbons (Fsp3) is 0.423. The number of hydrogen-bond acceptors (Lipinski definition) is 17. The van der Waals surface area contributed by atoms with Gasteiger partial charge in [-0.25, -0.2) is 16.8 Å². The summed E-state index contributed by atoms with van der Waals surface area (Å²) in [5.41, 5.74) is -0.556. The highest BCUT2D eigenvalue weighted by atomic mass is 32.2. The van der Waals surface area contributed by atoms with Gasteiger partial charge in [0, 0.05) is 23.7 Å². The van der Waals surface area contributed by atoms with Crippen molar-refractivity contribution in [3.05, 3.63) is 182 Å². The molecule has 8 saturated carbocycles. The van der Waals surface area contributed by atoms with Crippen LogP contribution in [0.15, 0.2) is 211 Å². The Morgan fingerprint density at radius 3 is 1.22 bits per heavy atom. The van der Waals surface area contributed by atoms with Crippen molar-refractivity contribution in [1.29, 1.82) is 0 Å². The second kappa shape index (κ2) is 28.0. The van der Waals surface area contributed by atoms with Gasteiger partial charge in [0.15, 0.2) is 56.2 Å². The van der Waals surface area contributed by atoms with E-state index in [1.165, 1.54) is 29.4 Å². The van der Waals surface area contributed by atoms with Crippen LogP contribution >= 0.6 is 0 Å². The zero-order chi connectivity index (χ0) is 69.7. The summed E-state index contributed by atoms with van der Waals surface area (Å²) in [7, 11) is -12.7. The molecule has 2 aliphatic heterocycles. The fourth-order valence-corrected chi connectivity index (χ4v) is 21.5. The van der Waals surface area contributed by atoms with Gasteiger partial charge in [0.05, 0.1) is 70.0 Å². The maximum atomic E-state index is 13.5. The quantitative estimate of drug-likeness (QED) is 0.0275. The molecule has 0 spiro atoms. The Hall–Kier alpha value is -7.27. The van der Waals surface area contributed by atoms with Crippen LogP contribution < -0.4 is 0 Å². The van der Waals surface area contributed by atoms with Crippen LogP contribution in [-0.2, 0) is 89.7 Å². The summed E-state index contributed by atoms with van der Waals surface area (Å²) >= 11 is 0. The van der Waals surface area contributed by atoms with Crippen LogP contribution in [0.25, 0.3) is 0 Å². The summed E-state index contributed by atoms with van der Waals surface area (Å²) in [6.07, 6.45) is 1.04. The Kier molecular flexibility index (Phi) is 20.2. The summed E-state index contributed by atoms with van der Waals surface area (Å²) in [5.74, 6) is -14.2. The van der Waals surface area contributed by atoms with Crippen LogP contribution in [0.5, 0.6) is 0 Å². The molecule has 6 aromatic rings. The highest BCUT2D eigenvalue weighted by Crippen LogP contribution is 2.63. The molecule has 520 valence electrons. The lowest BCUT2D eigenvalue weighted by Gasteiger charge is -2.55. The molecule has 8 bridgehead atoms. The summed E-state index contributed by atoms with van der Waals surface area (Å²) < 4.78 is 168. The predicted molar refractivity (Wildman–Crippen MR) is 337 cm³/mol. The highest BCUT2D eigenvalue weighted by molar-refractivity contribution is 7.97. The first-order valence-corrected chi connectivity index (χ1v) is 37.3. The van der Waals surface area contributed by atoms with E-state index in [-0.39, 0.29) is 27.8 Å². The van der Waals surface area contributed by atoms with E-state index in [9.17, 15) is 81.4 Å². The lowest BCUT2D eigenvalue weighted by molar-refractivity contribution is -0.188. The van der Waals surface area contributed by atoms with Gasteiger partial charge in [-0.1, -0.05) is 109 Å². The fourth-order valence-electron chi connectivity index (χ4n) is 16.6. The average molecular weight is 1440 g/mol. The number of carbonyl (C=O) groups excluding carboxylic acids is 5. The minimum absolute atomic E-state index is 0.0146. The summed E-state index contributed by atoms with van der Waals surface area (Å²) in [6, 6.07) is 64.3. The SMILES string of the molecule is O=C(OCCC(F)(F)C(F)(F)S(=O)(=O)[O-])C1C2CC3C(OC(=O)C31)C2O.O=C1OC2C3CC(C2OC(=O)C24CC5CC(CC(C5)C2)C4)C(C(=O)OCC(F)(F)S(=O)(=O)[O-])C13.c1ccc([S+](c2ccccc2)c2ccccc2)cc1.c1ccc([S+](c2ccccc2)c2ccccc2)cc1. The Morgan fingerprint density at radius 2 is 0.847 bits per heavy atom.